The number of phenolic OH excluding ortho intramolecular Hbond substituents is 1. The van der Waals surface area contributed by atoms with Crippen molar-refractivity contribution < 1.29 is 5.11 Å². The number of rotatable bonds is 2. The second-order valence-corrected chi connectivity index (χ2v) is 8.17. The largest absolute Gasteiger partial charge is 0.508 e. The van der Waals surface area contributed by atoms with Gasteiger partial charge in [-0.1, -0.05) is 71.9 Å². The number of benzene rings is 2. The standard InChI is InChI=1S/C21H28O/c1-20(2,3)18-8-7-9-19(21(4,5)6)17(18)14-15-10-12-16(22)13-11-15/h7-13,22H,14H2,1-6H3. The van der Waals surface area contributed by atoms with Crippen LogP contribution < -0.4 is 0 Å². The van der Waals surface area contributed by atoms with Crippen molar-refractivity contribution in [2.75, 3.05) is 0 Å². The molecule has 0 aliphatic heterocycles. The first-order chi connectivity index (χ1) is 10.1. The highest BCUT2D eigenvalue weighted by atomic mass is 16.3. The molecule has 1 N–H and O–H groups in total. The van der Waals surface area contributed by atoms with E-state index in [2.05, 4.69) is 59.7 Å². The summed E-state index contributed by atoms with van der Waals surface area (Å²) in [6.07, 6.45) is 0.903. The van der Waals surface area contributed by atoms with Gasteiger partial charge in [-0.2, -0.15) is 0 Å². The molecule has 0 unspecified atom stereocenters. The Hall–Kier alpha value is -1.76. The topological polar surface area (TPSA) is 20.2 Å². The molecule has 118 valence electrons. The molecule has 0 aliphatic rings. The summed E-state index contributed by atoms with van der Waals surface area (Å²) in [5.41, 5.74) is 5.72. The maximum Gasteiger partial charge on any atom is 0.115 e. The van der Waals surface area contributed by atoms with E-state index in [-0.39, 0.29) is 10.8 Å². The van der Waals surface area contributed by atoms with Crippen LogP contribution in [0.25, 0.3) is 0 Å². The second kappa shape index (κ2) is 5.79. The van der Waals surface area contributed by atoms with Crippen LogP contribution in [0, 0.1) is 0 Å². The highest BCUT2D eigenvalue weighted by molar-refractivity contribution is 5.45. The highest BCUT2D eigenvalue weighted by Gasteiger charge is 2.25. The summed E-state index contributed by atoms with van der Waals surface area (Å²) in [5.74, 6) is 0.323. The van der Waals surface area contributed by atoms with E-state index in [9.17, 15) is 5.11 Å². The third-order valence-corrected chi connectivity index (χ3v) is 4.11. The van der Waals surface area contributed by atoms with Crippen LogP contribution in [-0.2, 0) is 17.3 Å². The lowest BCUT2D eigenvalue weighted by atomic mass is 9.75. The molecule has 0 aromatic heterocycles. The molecule has 22 heavy (non-hydrogen) atoms. The van der Waals surface area contributed by atoms with Gasteiger partial charge >= 0.3 is 0 Å². The van der Waals surface area contributed by atoms with Crippen LogP contribution in [0.1, 0.15) is 63.8 Å². The molecule has 1 heteroatoms. The molecule has 1 nitrogen and oxygen atoms in total. The van der Waals surface area contributed by atoms with Crippen LogP contribution in [-0.4, -0.2) is 5.11 Å². The average Bonchev–Trinajstić information content (AvgIpc) is 2.39. The Morgan fingerprint density at radius 3 is 1.59 bits per heavy atom. The van der Waals surface area contributed by atoms with Crippen molar-refractivity contribution in [3.8, 4) is 5.75 Å². The predicted octanol–water partition coefficient (Wildman–Crippen LogP) is 5.58. The van der Waals surface area contributed by atoms with Crippen LogP contribution in [0.2, 0.25) is 0 Å². The molecule has 2 aromatic rings. The first kappa shape index (κ1) is 16.6. The summed E-state index contributed by atoms with van der Waals surface area (Å²) in [6, 6.07) is 14.3. The molecule has 0 radical (unpaired) electrons. The Labute approximate surface area is 135 Å². The van der Waals surface area contributed by atoms with Gasteiger partial charge in [0.2, 0.25) is 0 Å². The van der Waals surface area contributed by atoms with Gasteiger partial charge in [-0.25, -0.2) is 0 Å². The maximum absolute atomic E-state index is 9.49. The van der Waals surface area contributed by atoms with Crippen molar-refractivity contribution >= 4 is 0 Å². The fourth-order valence-electron chi connectivity index (χ4n) is 3.00. The third-order valence-electron chi connectivity index (χ3n) is 4.11. The van der Waals surface area contributed by atoms with Crippen LogP contribution >= 0.6 is 0 Å². The smallest absolute Gasteiger partial charge is 0.115 e. The zero-order valence-electron chi connectivity index (χ0n) is 14.7. The van der Waals surface area contributed by atoms with Crippen molar-refractivity contribution in [3.63, 3.8) is 0 Å². The number of hydrogen-bond acceptors (Lipinski definition) is 1. The highest BCUT2D eigenvalue weighted by Crippen LogP contribution is 2.35. The zero-order chi connectivity index (χ0) is 16.5. The van der Waals surface area contributed by atoms with Crippen LogP contribution in [0.15, 0.2) is 42.5 Å². The van der Waals surface area contributed by atoms with Crippen molar-refractivity contribution in [3.05, 3.63) is 64.7 Å². The minimum Gasteiger partial charge on any atom is -0.508 e. The predicted molar refractivity (Wildman–Crippen MR) is 94.8 cm³/mol. The summed E-state index contributed by atoms with van der Waals surface area (Å²) in [4.78, 5) is 0. The summed E-state index contributed by atoms with van der Waals surface area (Å²) in [5, 5.41) is 9.49. The van der Waals surface area contributed by atoms with Crippen molar-refractivity contribution in [1.29, 1.82) is 0 Å². The molecule has 0 amide bonds. The molecule has 0 atom stereocenters. The van der Waals surface area contributed by atoms with Gasteiger partial charge in [-0.15, -0.1) is 0 Å². The SMILES string of the molecule is CC(C)(C)c1cccc(C(C)(C)C)c1Cc1ccc(O)cc1. The molecule has 0 saturated carbocycles. The normalized spacial score (nSPS) is 12.5. The summed E-state index contributed by atoms with van der Waals surface area (Å²) in [7, 11) is 0. The zero-order valence-corrected chi connectivity index (χ0v) is 14.7. The minimum atomic E-state index is 0.119. The van der Waals surface area contributed by atoms with Gasteiger partial charge in [0.25, 0.3) is 0 Å². The van der Waals surface area contributed by atoms with Gasteiger partial charge in [0.05, 0.1) is 0 Å². The summed E-state index contributed by atoms with van der Waals surface area (Å²) in [6.45, 7) is 13.6. The number of aromatic hydroxyl groups is 1. The van der Waals surface area contributed by atoms with E-state index in [0.29, 0.717) is 5.75 Å². The van der Waals surface area contributed by atoms with Crippen LogP contribution in [0.4, 0.5) is 0 Å². The minimum absolute atomic E-state index is 0.119. The van der Waals surface area contributed by atoms with Gasteiger partial charge in [-0.3, -0.25) is 0 Å². The Kier molecular flexibility index (Phi) is 4.37. The van der Waals surface area contributed by atoms with Gasteiger partial charge in [0, 0.05) is 0 Å². The number of phenols is 1. The van der Waals surface area contributed by atoms with Crippen LogP contribution in [0.5, 0.6) is 5.75 Å². The average molecular weight is 296 g/mol. The van der Waals surface area contributed by atoms with E-state index in [4.69, 9.17) is 0 Å². The number of hydrogen-bond donors (Lipinski definition) is 1. The van der Waals surface area contributed by atoms with Crippen molar-refractivity contribution in [2.45, 2.75) is 58.8 Å². The molecular weight excluding hydrogens is 268 g/mol. The van der Waals surface area contributed by atoms with E-state index in [1.54, 1.807) is 12.1 Å². The molecular formula is C21H28O. The lowest BCUT2D eigenvalue weighted by molar-refractivity contribution is 0.475. The van der Waals surface area contributed by atoms with E-state index in [1.165, 1.54) is 22.3 Å². The van der Waals surface area contributed by atoms with E-state index in [0.717, 1.165) is 6.42 Å². The molecule has 0 fully saturated rings. The summed E-state index contributed by atoms with van der Waals surface area (Å²) < 4.78 is 0. The van der Waals surface area contributed by atoms with Gasteiger partial charge in [0.15, 0.2) is 0 Å². The third kappa shape index (κ3) is 3.71. The molecule has 0 bridgehead atoms. The monoisotopic (exact) mass is 296 g/mol. The molecule has 0 heterocycles. The molecule has 0 aliphatic carbocycles. The Morgan fingerprint density at radius 2 is 1.18 bits per heavy atom. The quantitative estimate of drug-likeness (QED) is 0.767. The Bertz CT molecular complexity index is 605. The van der Waals surface area contributed by atoms with Gasteiger partial charge < -0.3 is 5.11 Å². The van der Waals surface area contributed by atoms with Crippen molar-refractivity contribution in [2.24, 2.45) is 0 Å². The van der Waals surface area contributed by atoms with E-state index >= 15 is 0 Å². The maximum atomic E-state index is 9.49. The van der Waals surface area contributed by atoms with Gasteiger partial charge in [-0.05, 0) is 51.6 Å². The lowest BCUT2D eigenvalue weighted by Gasteiger charge is -2.30. The van der Waals surface area contributed by atoms with Gasteiger partial charge in [0.1, 0.15) is 5.75 Å². The first-order valence-electron chi connectivity index (χ1n) is 8.00. The second-order valence-electron chi connectivity index (χ2n) is 8.17. The molecule has 2 aromatic carbocycles. The first-order valence-corrected chi connectivity index (χ1v) is 8.00. The van der Waals surface area contributed by atoms with Crippen LogP contribution in [0.3, 0.4) is 0 Å². The van der Waals surface area contributed by atoms with Crippen molar-refractivity contribution in [1.82, 2.24) is 0 Å². The molecule has 0 saturated heterocycles. The van der Waals surface area contributed by atoms with E-state index in [1.807, 2.05) is 12.1 Å². The molecule has 0 spiro atoms. The fourth-order valence-corrected chi connectivity index (χ4v) is 3.00. The molecule has 2 rings (SSSR count). The lowest BCUT2D eigenvalue weighted by Crippen LogP contribution is -2.21. The van der Waals surface area contributed by atoms with E-state index < -0.39 is 0 Å². The fraction of sp³-hybridized carbons (Fsp3) is 0.429. The Morgan fingerprint density at radius 1 is 0.727 bits per heavy atom. The summed E-state index contributed by atoms with van der Waals surface area (Å²) >= 11 is 0. The Balaban J connectivity index is 2.57.